The van der Waals surface area contributed by atoms with Crippen LogP contribution in [0.15, 0.2) is 35.5 Å². The highest BCUT2D eigenvalue weighted by molar-refractivity contribution is 5.98. The number of ether oxygens (including phenoxy) is 1. The Balaban J connectivity index is 2.47. The normalized spacial score (nSPS) is 11.9. The minimum Gasteiger partial charge on any atom is -0.453 e. The second kappa shape index (κ2) is 7.57. The predicted octanol–water partition coefficient (Wildman–Crippen LogP) is 2.93. The van der Waals surface area contributed by atoms with E-state index in [0.29, 0.717) is 12.1 Å². The largest absolute Gasteiger partial charge is 0.453 e. The summed E-state index contributed by atoms with van der Waals surface area (Å²) in [5, 5.41) is 3.73. The molecule has 1 rings (SSSR count). The number of nitrogens with zero attached hydrogens (tertiary/aromatic N) is 1. The zero-order valence-corrected chi connectivity index (χ0v) is 12.9. The lowest BCUT2D eigenvalue weighted by Crippen LogP contribution is -2.28. The third-order valence-corrected chi connectivity index (χ3v) is 3.23. The fourth-order valence-corrected chi connectivity index (χ4v) is 1.34. The molecule has 21 heavy (non-hydrogen) atoms. The summed E-state index contributed by atoms with van der Waals surface area (Å²) < 4.78 is 4.91. The van der Waals surface area contributed by atoms with E-state index in [1.807, 2.05) is 37.3 Å². The van der Waals surface area contributed by atoms with Gasteiger partial charge in [0.15, 0.2) is 6.61 Å². The van der Waals surface area contributed by atoms with Gasteiger partial charge in [0.2, 0.25) is 0 Å². The SMILES string of the molecule is CCC(C)(C)C(=O)OCC(=O)O/N=C(\C)c1ccccc1. The number of carbonyl (C=O) groups is 2. The van der Waals surface area contributed by atoms with Gasteiger partial charge < -0.3 is 9.57 Å². The lowest BCUT2D eigenvalue weighted by molar-refractivity contribution is -0.164. The van der Waals surface area contributed by atoms with Crippen molar-refractivity contribution in [1.82, 2.24) is 0 Å². The van der Waals surface area contributed by atoms with E-state index in [4.69, 9.17) is 9.57 Å². The Morgan fingerprint density at radius 2 is 1.81 bits per heavy atom. The number of carbonyl (C=O) groups excluding carboxylic acids is 2. The molecule has 0 bridgehead atoms. The highest BCUT2D eigenvalue weighted by Crippen LogP contribution is 2.21. The predicted molar refractivity (Wildman–Crippen MR) is 79.8 cm³/mol. The summed E-state index contributed by atoms with van der Waals surface area (Å²) in [6.07, 6.45) is 0.631. The Bertz CT molecular complexity index is 520. The molecule has 0 aliphatic heterocycles. The maximum atomic E-state index is 11.7. The quantitative estimate of drug-likeness (QED) is 0.350. The molecule has 0 unspecified atom stereocenters. The number of esters is 1. The van der Waals surface area contributed by atoms with Gasteiger partial charge >= 0.3 is 11.9 Å². The summed E-state index contributed by atoms with van der Waals surface area (Å²) in [5.74, 6) is -1.13. The molecule has 1 aromatic rings. The van der Waals surface area contributed by atoms with E-state index >= 15 is 0 Å². The van der Waals surface area contributed by atoms with Crippen LogP contribution in [0.1, 0.15) is 39.7 Å². The molecule has 0 atom stereocenters. The van der Waals surface area contributed by atoms with Crippen molar-refractivity contribution in [2.75, 3.05) is 6.61 Å². The maximum Gasteiger partial charge on any atom is 0.372 e. The van der Waals surface area contributed by atoms with Gasteiger partial charge in [-0.25, -0.2) is 4.79 Å². The van der Waals surface area contributed by atoms with Crippen molar-refractivity contribution >= 4 is 17.7 Å². The lowest BCUT2D eigenvalue weighted by atomic mass is 9.91. The van der Waals surface area contributed by atoms with Crippen LogP contribution in [0.2, 0.25) is 0 Å². The molecule has 0 saturated carbocycles. The second-order valence-electron chi connectivity index (χ2n) is 5.32. The van der Waals surface area contributed by atoms with Gasteiger partial charge in [0.25, 0.3) is 0 Å². The fourth-order valence-electron chi connectivity index (χ4n) is 1.34. The maximum absolute atomic E-state index is 11.7. The molecule has 0 heterocycles. The topological polar surface area (TPSA) is 65.0 Å². The molecule has 0 fully saturated rings. The van der Waals surface area contributed by atoms with Crippen LogP contribution in [0, 0.1) is 5.41 Å². The van der Waals surface area contributed by atoms with Gasteiger partial charge in [0, 0.05) is 0 Å². The summed E-state index contributed by atoms with van der Waals surface area (Å²) in [6, 6.07) is 9.33. The molecule has 1 aromatic carbocycles. The van der Waals surface area contributed by atoms with Gasteiger partial charge in [-0.15, -0.1) is 0 Å². The molecule has 5 nitrogen and oxygen atoms in total. The Morgan fingerprint density at radius 3 is 2.38 bits per heavy atom. The Kier molecular flexibility index (Phi) is 6.09. The molecule has 114 valence electrons. The van der Waals surface area contributed by atoms with E-state index in [1.54, 1.807) is 20.8 Å². The smallest absolute Gasteiger partial charge is 0.372 e. The van der Waals surface area contributed by atoms with E-state index in [0.717, 1.165) is 5.56 Å². The molecule has 0 amide bonds. The summed E-state index contributed by atoms with van der Waals surface area (Å²) in [6.45, 7) is 6.70. The zero-order chi connectivity index (χ0) is 15.9. The van der Waals surface area contributed by atoms with Crippen LogP contribution in [-0.4, -0.2) is 24.3 Å². The van der Waals surface area contributed by atoms with Crippen molar-refractivity contribution in [3.05, 3.63) is 35.9 Å². The minimum absolute atomic E-state index is 0.425. The van der Waals surface area contributed by atoms with Gasteiger partial charge in [-0.3, -0.25) is 4.79 Å². The molecular weight excluding hydrogens is 270 g/mol. The molecule has 0 aromatic heterocycles. The summed E-state index contributed by atoms with van der Waals surface area (Å²) in [5.41, 5.74) is 0.822. The van der Waals surface area contributed by atoms with Crippen LogP contribution >= 0.6 is 0 Å². The standard InChI is InChI=1S/C16H21NO4/c1-5-16(3,4)15(19)20-11-14(18)21-17-12(2)13-9-7-6-8-10-13/h6-10H,5,11H2,1-4H3/b17-12+. The monoisotopic (exact) mass is 291 g/mol. The third kappa shape index (κ3) is 5.38. The van der Waals surface area contributed by atoms with Crippen LogP contribution < -0.4 is 0 Å². The second-order valence-corrected chi connectivity index (χ2v) is 5.32. The van der Waals surface area contributed by atoms with E-state index in [9.17, 15) is 9.59 Å². The molecular formula is C16H21NO4. The molecule has 0 radical (unpaired) electrons. The van der Waals surface area contributed by atoms with Crippen molar-refractivity contribution in [2.45, 2.75) is 34.1 Å². The van der Waals surface area contributed by atoms with Gasteiger partial charge in [-0.2, -0.15) is 0 Å². The van der Waals surface area contributed by atoms with Crippen LogP contribution in [0.25, 0.3) is 0 Å². The first-order valence-electron chi connectivity index (χ1n) is 6.84. The van der Waals surface area contributed by atoms with Gasteiger partial charge in [-0.05, 0) is 32.8 Å². The van der Waals surface area contributed by atoms with Crippen LogP contribution in [0.5, 0.6) is 0 Å². The van der Waals surface area contributed by atoms with Gasteiger partial charge in [-0.1, -0.05) is 42.4 Å². The highest BCUT2D eigenvalue weighted by atomic mass is 16.7. The van der Waals surface area contributed by atoms with Crippen molar-refractivity contribution < 1.29 is 19.2 Å². The van der Waals surface area contributed by atoms with Crippen LogP contribution in [0.3, 0.4) is 0 Å². The van der Waals surface area contributed by atoms with E-state index < -0.39 is 24.0 Å². The molecule has 5 heteroatoms. The van der Waals surface area contributed by atoms with Crippen LogP contribution in [-0.2, 0) is 19.2 Å². The molecule has 0 spiro atoms. The number of hydrogen-bond donors (Lipinski definition) is 0. The first-order chi connectivity index (χ1) is 9.86. The Labute approximate surface area is 124 Å². The third-order valence-electron chi connectivity index (χ3n) is 3.23. The molecule has 0 aliphatic carbocycles. The minimum atomic E-state index is -0.703. The molecule has 0 saturated heterocycles. The number of oxime groups is 1. The van der Waals surface area contributed by atoms with Gasteiger partial charge in [0.1, 0.15) is 0 Å². The van der Waals surface area contributed by atoms with Crippen LogP contribution in [0.4, 0.5) is 0 Å². The van der Waals surface area contributed by atoms with Gasteiger partial charge in [0.05, 0.1) is 11.1 Å². The summed E-state index contributed by atoms with van der Waals surface area (Å²) >= 11 is 0. The zero-order valence-electron chi connectivity index (χ0n) is 12.9. The fraction of sp³-hybridized carbons (Fsp3) is 0.438. The number of hydrogen-bond acceptors (Lipinski definition) is 5. The van der Waals surface area contributed by atoms with E-state index in [2.05, 4.69) is 5.16 Å². The van der Waals surface area contributed by atoms with Crippen molar-refractivity contribution in [3.8, 4) is 0 Å². The number of benzene rings is 1. The Hall–Kier alpha value is -2.17. The number of rotatable bonds is 6. The van der Waals surface area contributed by atoms with E-state index in [1.165, 1.54) is 0 Å². The molecule has 0 N–H and O–H groups in total. The molecule has 0 aliphatic rings. The van der Waals surface area contributed by atoms with Crippen molar-refractivity contribution in [3.63, 3.8) is 0 Å². The highest BCUT2D eigenvalue weighted by Gasteiger charge is 2.27. The average molecular weight is 291 g/mol. The van der Waals surface area contributed by atoms with E-state index in [-0.39, 0.29) is 0 Å². The summed E-state index contributed by atoms with van der Waals surface area (Å²) in [4.78, 5) is 27.9. The lowest BCUT2D eigenvalue weighted by Gasteiger charge is -2.19. The van der Waals surface area contributed by atoms with Crippen molar-refractivity contribution in [1.29, 1.82) is 0 Å². The average Bonchev–Trinajstić information content (AvgIpc) is 2.50. The summed E-state index contributed by atoms with van der Waals surface area (Å²) in [7, 11) is 0. The Morgan fingerprint density at radius 1 is 1.19 bits per heavy atom. The first-order valence-corrected chi connectivity index (χ1v) is 6.84. The van der Waals surface area contributed by atoms with Crippen molar-refractivity contribution in [2.24, 2.45) is 10.6 Å². The first kappa shape index (κ1) is 16.9.